The van der Waals surface area contributed by atoms with Gasteiger partial charge in [0.1, 0.15) is 16.5 Å². The molecule has 86 valence electrons. The van der Waals surface area contributed by atoms with E-state index in [9.17, 15) is 0 Å². The van der Waals surface area contributed by atoms with Crippen LogP contribution in [-0.2, 0) is 18.1 Å². The Morgan fingerprint density at radius 3 is 2.82 bits per heavy atom. The van der Waals surface area contributed by atoms with Crippen molar-refractivity contribution in [3.8, 4) is 6.07 Å². The van der Waals surface area contributed by atoms with Crippen LogP contribution < -0.4 is 0 Å². The van der Waals surface area contributed by atoms with Gasteiger partial charge in [-0.15, -0.1) is 0 Å². The highest BCUT2D eigenvalue weighted by atomic mass is 127. The standard InChI is InChI=1S/C12H10IN3O/c13-11-7-16(12(6-14)15-11)9-17-8-10-4-2-1-3-5-10/h1-5,7H,8-9H2. The summed E-state index contributed by atoms with van der Waals surface area (Å²) in [6.07, 6.45) is 1.80. The van der Waals surface area contributed by atoms with E-state index in [1.54, 1.807) is 10.8 Å². The number of rotatable bonds is 4. The smallest absolute Gasteiger partial charge is 0.215 e. The van der Waals surface area contributed by atoms with Gasteiger partial charge in [0.2, 0.25) is 5.82 Å². The Morgan fingerprint density at radius 1 is 1.35 bits per heavy atom. The number of benzene rings is 1. The second kappa shape index (κ2) is 5.80. The lowest BCUT2D eigenvalue weighted by Gasteiger charge is -2.05. The average Bonchev–Trinajstić information content (AvgIpc) is 2.71. The quantitative estimate of drug-likeness (QED) is 0.805. The third-order valence-corrected chi connectivity index (χ3v) is 2.71. The van der Waals surface area contributed by atoms with Crippen LogP contribution in [0.15, 0.2) is 36.5 Å². The zero-order valence-corrected chi connectivity index (χ0v) is 11.2. The summed E-state index contributed by atoms with van der Waals surface area (Å²) < 4.78 is 8.02. The number of nitrogens with zero attached hydrogens (tertiary/aromatic N) is 3. The number of ether oxygens (including phenoxy) is 1. The molecule has 0 aliphatic heterocycles. The molecule has 0 aliphatic rings. The first-order chi connectivity index (χ1) is 8.29. The molecule has 2 aromatic rings. The van der Waals surface area contributed by atoms with Crippen molar-refractivity contribution in [2.45, 2.75) is 13.3 Å². The molecule has 0 amide bonds. The topological polar surface area (TPSA) is 50.8 Å². The Hall–Kier alpha value is -1.39. The molecule has 0 saturated heterocycles. The number of halogens is 1. The Morgan fingerprint density at radius 2 is 2.12 bits per heavy atom. The molecule has 0 bridgehead atoms. The van der Waals surface area contributed by atoms with Gasteiger partial charge in [0.15, 0.2) is 0 Å². The molecule has 4 nitrogen and oxygen atoms in total. The van der Waals surface area contributed by atoms with Crippen LogP contribution in [0.25, 0.3) is 0 Å². The predicted molar refractivity (Wildman–Crippen MR) is 70.9 cm³/mol. The van der Waals surface area contributed by atoms with Crippen molar-refractivity contribution in [3.63, 3.8) is 0 Å². The summed E-state index contributed by atoms with van der Waals surface area (Å²) in [5.74, 6) is 0.377. The minimum Gasteiger partial charge on any atom is -0.356 e. The molecular formula is C12H10IN3O. The largest absolute Gasteiger partial charge is 0.356 e. The van der Waals surface area contributed by atoms with E-state index in [1.165, 1.54) is 0 Å². The van der Waals surface area contributed by atoms with Crippen molar-refractivity contribution in [2.75, 3.05) is 0 Å². The summed E-state index contributed by atoms with van der Waals surface area (Å²) in [6, 6.07) is 11.9. The molecule has 0 atom stereocenters. The zero-order valence-electron chi connectivity index (χ0n) is 9.01. The maximum Gasteiger partial charge on any atom is 0.215 e. The molecule has 1 aromatic carbocycles. The van der Waals surface area contributed by atoms with Crippen molar-refractivity contribution >= 4 is 22.6 Å². The fourth-order valence-electron chi connectivity index (χ4n) is 1.41. The van der Waals surface area contributed by atoms with Gasteiger partial charge in [-0.1, -0.05) is 30.3 Å². The summed E-state index contributed by atoms with van der Waals surface area (Å²) in [4.78, 5) is 4.06. The Balaban J connectivity index is 1.93. The zero-order chi connectivity index (χ0) is 12.1. The first-order valence-corrected chi connectivity index (χ1v) is 6.12. The van der Waals surface area contributed by atoms with Crippen molar-refractivity contribution < 1.29 is 4.74 Å². The van der Waals surface area contributed by atoms with E-state index < -0.39 is 0 Å². The number of imidazole rings is 1. The van der Waals surface area contributed by atoms with Gasteiger partial charge in [-0.2, -0.15) is 5.26 Å². The Bertz CT molecular complexity index is 530. The van der Waals surface area contributed by atoms with Gasteiger partial charge in [-0.3, -0.25) is 4.57 Å². The van der Waals surface area contributed by atoms with Crippen molar-refractivity contribution in [3.05, 3.63) is 51.6 Å². The van der Waals surface area contributed by atoms with Gasteiger partial charge in [0.25, 0.3) is 0 Å². The molecule has 1 heterocycles. The van der Waals surface area contributed by atoms with Crippen LogP contribution in [0.4, 0.5) is 0 Å². The molecular weight excluding hydrogens is 329 g/mol. The first-order valence-electron chi connectivity index (χ1n) is 5.04. The second-order valence-corrected chi connectivity index (χ2v) is 4.54. The van der Waals surface area contributed by atoms with E-state index in [0.29, 0.717) is 19.2 Å². The molecule has 0 N–H and O–H groups in total. The lowest BCUT2D eigenvalue weighted by atomic mass is 10.2. The predicted octanol–water partition coefficient (Wildman–Crippen LogP) is 2.53. The van der Waals surface area contributed by atoms with Gasteiger partial charge >= 0.3 is 0 Å². The Labute approximate surface area is 113 Å². The second-order valence-electron chi connectivity index (χ2n) is 3.43. The fraction of sp³-hybridized carbons (Fsp3) is 0.167. The molecule has 0 aliphatic carbocycles. The lowest BCUT2D eigenvalue weighted by Crippen LogP contribution is -2.04. The maximum absolute atomic E-state index is 8.86. The minimum atomic E-state index is 0.341. The molecule has 0 radical (unpaired) electrons. The van der Waals surface area contributed by atoms with E-state index in [-0.39, 0.29) is 0 Å². The highest BCUT2D eigenvalue weighted by Gasteiger charge is 2.04. The van der Waals surface area contributed by atoms with Crippen LogP contribution >= 0.6 is 22.6 Å². The number of hydrogen-bond donors (Lipinski definition) is 0. The van der Waals surface area contributed by atoms with Crippen molar-refractivity contribution in [2.24, 2.45) is 0 Å². The summed E-state index contributed by atoms with van der Waals surface area (Å²) in [5.41, 5.74) is 1.11. The highest BCUT2D eigenvalue weighted by Crippen LogP contribution is 2.07. The summed E-state index contributed by atoms with van der Waals surface area (Å²) >= 11 is 2.07. The Kier molecular flexibility index (Phi) is 4.12. The third-order valence-electron chi connectivity index (χ3n) is 2.19. The van der Waals surface area contributed by atoms with E-state index in [4.69, 9.17) is 10.00 Å². The molecule has 1 aromatic heterocycles. The van der Waals surface area contributed by atoms with Crippen LogP contribution in [0.5, 0.6) is 0 Å². The summed E-state index contributed by atoms with van der Waals surface area (Å²) in [5, 5.41) is 8.86. The van der Waals surface area contributed by atoms with Gasteiger partial charge in [0.05, 0.1) is 6.61 Å². The van der Waals surface area contributed by atoms with E-state index in [2.05, 4.69) is 27.6 Å². The molecule has 2 rings (SSSR count). The molecule has 0 unspecified atom stereocenters. The van der Waals surface area contributed by atoms with Gasteiger partial charge in [-0.25, -0.2) is 4.98 Å². The van der Waals surface area contributed by atoms with Crippen LogP contribution in [0, 0.1) is 15.0 Å². The minimum absolute atomic E-state index is 0.341. The lowest BCUT2D eigenvalue weighted by molar-refractivity contribution is 0.0633. The van der Waals surface area contributed by atoms with Gasteiger partial charge < -0.3 is 4.74 Å². The van der Waals surface area contributed by atoms with Crippen molar-refractivity contribution in [1.82, 2.24) is 9.55 Å². The first kappa shape index (κ1) is 12.1. The molecule has 0 saturated carbocycles. The van der Waals surface area contributed by atoms with Crippen molar-refractivity contribution in [1.29, 1.82) is 5.26 Å². The average molecular weight is 339 g/mol. The van der Waals surface area contributed by atoms with Crippen LogP contribution in [0.2, 0.25) is 0 Å². The number of aromatic nitrogens is 2. The normalized spacial score (nSPS) is 10.1. The van der Waals surface area contributed by atoms with Crippen LogP contribution in [-0.4, -0.2) is 9.55 Å². The molecule has 0 fully saturated rings. The fourth-order valence-corrected chi connectivity index (χ4v) is 1.97. The maximum atomic E-state index is 8.86. The summed E-state index contributed by atoms with van der Waals surface area (Å²) in [6.45, 7) is 0.869. The molecule has 17 heavy (non-hydrogen) atoms. The van der Waals surface area contributed by atoms with Crippen LogP contribution in [0.3, 0.4) is 0 Å². The van der Waals surface area contributed by atoms with E-state index in [0.717, 1.165) is 9.26 Å². The van der Waals surface area contributed by atoms with E-state index in [1.807, 2.05) is 36.4 Å². The van der Waals surface area contributed by atoms with E-state index >= 15 is 0 Å². The van der Waals surface area contributed by atoms with Gasteiger partial charge in [0, 0.05) is 6.20 Å². The molecule has 0 spiro atoms. The monoisotopic (exact) mass is 339 g/mol. The summed E-state index contributed by atoms with van der Waals surface area (Å²) in [7, 11) is 0. The number of hydrogen-bond acceptors (Lipinski definition) is 3. The van der Waals surface area contributed by atoms with Crippen LogP contribution in [0.1, 0.15) is 11.4 Å². The third kappa shape index (κ3) is 3.28. The number of nitriles is 1. The van der Waals surface area contributed by atoms with Gasteiger partial charge in [-0.05, 0) is 28.2 Å². The highest BCUT2D eigenvalue weighted by molar-refractivity contribution is 14.1. The molecule has 5 heteroatoms. The SMILES string of the molecule is N#Cc1nc(I)cn1COCc1ccccc1.